The van der Waals surface area contributed by atoms with Crippen LogP contribution in [0.25, 0.3) is 0 Å². The first-order valence-electron chi connectivity index (χ1n) is 7.60. The molecule has 1 amide bonds. The van der Waals surface area contributed by atoms with Crippen molar-refractivity contribution in [2.24, 2.45) is 0 Å². The van der Waals surface area contributed by atoms with Crippen molar-refractivity contribution in [3.63, 3.8) is 0 Å². The largest absolute Gasteiger partial charge is 0.383 e. The molecule has 6 nitrogen and oxygen atoms in total. The SMILES string of the molecule is COCC(C)NC(=O)c1ccc(Cl)c(S(=O)(=O)Nc2ccc(F)cc2)c1. The number of carbonyl (C=O) groups is 1. The molecule has 140 valence electrons. The van der Waals surface area contributed by atoms with Gasteiger partial charge in [-0.3, -0.25) is 9.52 Å². The third-order valence-corrected chi connectivity index (χ3v) is 5.24. The number of methoxy groups -OCH3 is 1. The molecular weight excluding hydrogens is 383 g/mol. The molecule has 0 fully saturated rings. The lowest BCUT2D eigenvalue weighted by Crippen LogP contribution is -2.35. The molecule has 0 aliphatic carbocycles. The van der Waals surface area contributed by atoms with Crippen LogP contribution in [0.15, 0.2) is 47.4 Å². The van der Waals surface area contributed by atoms with Crippen LogP contribution >= 0.6 is 11.6 Å². The fraction of sp³-hybridized carbons (Fsp3) is 0.235. The Hall–Kier alpha value is -2.16. The van der Waals surface area contributed by atoms with Crippen LogP contribution < -0.4 is 10.0 Å². The maximum absolute atomic E-state index is 13.0. The number of rotatable bonds is 7. The molecule has 0 aliphatic rings. The van der Waals surface area contributed by atoms with E-state index in [1.165, 1.54) is 37.4 Å². The van der Waals surface area contributed by atoms with Gasteiger partial charge in [0.05, 0.1) is 11.6 Å². The molecule has 2 aromatic carbocycles. The van der Waals surface area contributed by atoms with Gasteiger partial charge in [0.2, 0.25) is 0 Å². The van der Waals surface area contributed by atoms with Gasteiger partial charge in [-0.25, -0.2) is 12.8 Å². The number of hydrogen-bond donors (Lipinski definition) is 2. The van der Waals surface area contributed by atoms with E-state index in [9.17, 15) is 17.6 Å². The zero-order valence-electron chi connectivity index (χ0n) is 14.1. The number of hydrogen-bond acceptors (Lipinski definition) is 4. The van der Waals surface area contributed by atoms with Crippen molar-refractivity contribution in [2.75, 3.05) is 18.4 Å². The first-order valence-corrected chi connectivity index (χ1v) is 9.47. The van der Waals surface area contributed by atoms with Crippen LogP contribution in [0.5, 0.6) is 0 Å². The second-order valence-electron chi connectivity index (χ2n) is 5.59. The first-order chi connectivity index (χ1) is 12.2. The molecule has 2 N–H and O–H groups in total. The first kappa shape index (κ1) is 20.2. The molecule has 0 spiro atoms. The summed E-state index contributed by atoms with van der Waals surface area (Å²) in [6, 6.07) is 8.50. The number of halogens is 2. The number of sulfonamides is 1. The summed E-state index contributed by atoms with van der Waals surface area (Å²) < 4.78 is 45.3. The Balaban J connectivity index is 2.27. The van der Waals surface area contributed by atoms with Crippen LogP contribution in [0.4, 0.5) is 10.1 Å². The summed E-state index contributed by atoms with van der Waals surface area (Å²) in [4.78, 5) is 12.0. The molecular formula is C17H18ClFN2O4S. The molecule has 0 saturated carbocycles. The Labute approximate surface area is 156 Å². The second kappa shape index (κ2) is 8.48. The predicted molar refractivity (Wildman–Crippen MR) is 97.5 cm³/mol. The average molecular weight is 401 g/mol. The second-order valence-corrected chi connectivity index (χ2v) is 7.65. The molecule has 2 rings (SSSR count). The van der Waals surface area contributed by atoms with Crippen LogP contribution in [0.2, 0.25) is 5.02 Å². The molecule has 9 heteroatoms. The van der Waals surface area contributed by atoms with E-state index < -0.39 is 21.7 Å². The lowest BCUT2D eigenvalue weighted by Gasteiger charge is -2.14. The van der Waals surface area contributed by atoms with E-state index in [1.807, 2.05) is 0 Å². The van der Waals surface area contributed by atoms with Crippen LogP contribution in [0.3, 0.4) is 0 Å². The van der Waals surface area contributed by atoms with Gasteiger partial charge in [0.1, 0.15) is 10.7 Å². The fourth-order valence-corrected chi connectivity index (χ4v) is 3.76. The minimum Gasteiger partial charge on any atom is -0.383 e. The van der Waals surface area contributed by atoms with E-state index in [2.05, 4.69) is 10.0 Å². The Morgan fingerprint density at radius 1 is 1.23 bits per heavy atom. The highest BCUT2D eigenvalue weighted by molar-refractivity contribution is 7.92. The highest BCUT2D eigenvalue weighted by atomic mass is 35.5. The van der Waals surface area contributed by atoms with Gasteiger partial charge in [0, 0.05) is 24.4 Å². The number of nitrogens with one attached hydrogen (secondary N) is 2. The fourth-order valence-electron chi connectivity index (χ4n) is 2.18. The number of benzene rings is 2. The van der Waals surface area contributed by atoms with E-state index in [1.54, 1.807) is 6.92 Å². The van der Waals surface area contributed by atoms with Crippen LogP contribution in [-0.2, 0) is 14.8 Å². The van der Waals surface area contributed by atoms with Gasteiger partial charge in [-0.1, -0.05) is 11.6 Å². The van der Waals surface area contributed by atoms with Crippen LogP contribution in [-0.4, -0.2) is 34.1 Å². The molecule has 1 atom stereocenters. The quantitative estimate of drug-likeness (QED) is 0.748. The predicted octanol–water partition coefficient (Wildman–Crippen LogP) is 3.04. The van der Waals surface area contributed by atoms with E-state index >= 15 is 0 Å². The van der Waals surface area contributed by atoms with Crippen molar-refractivity contribution < 1.29 is 22.3 Å². The normalized spacial score (nSPS) is 12.5. The number of amides is 1. The Morgan fingerprint density at radius 2 is 1.88 bits per heavy atom. The highest BCUT2D eigenvalue weighted by Gasteiger charge is 2.21. The minimum absolute atomic E-state index is 0.0406. The summed E-state index contributed by atoms with van der Waals surface area (Å²) in [6.07, 6.45) is 0. The average Bonchev–Trinajstić information content (AvgIpc) is 2.57. The van der Waals surface area contributed by atoms with Crippen molar-refractivity contribution >= 4 is 33.2 Å². The molecule has 0 aromatic heterocycles. The van der Waals surface area contributed by atoms with Crippen molar-refractivity contribution in [3.8, 4) is 0 Å². The summed E-state index contributed by atoms with van der Waals surface area (Å²) >= 11 is 6.00. The maximum Gasteiger partial charge on any atom is 0.263 e. The monoisotopic (exact) mass is 400 g/mol. The van der Waals surface area contributed by atoms with E-state index in [4.69, 9.17) is 16.3 Å². The van der Waals surface area contributed by atoms with Gasteiger partial charge in [-0.15, -0.1) is 0 Å². The Morgan fingerprint density at radius 3 is 2.50 bits per heavy atom. The molecule has 26 heavy (non-hydrogen) atoms. The van der Waals surface area contributed by atoms with Gasteiger partial charge in [0.25, 0.3) is 15.9 Å². The summed E-state index contributed by atoms with van der Waals surface area (Å²) in [7, 11) is -2.55. The molecule has 0 bridgehead atoms. The van der Waals surface area contributed by atoms with Gasteiger partial charge < -0.3 is 10.1 Å². The number of carbonyl (C=O) groups excluding carboxylic acids is 1. The molecule has 0 saturated heterocycles. The van der Waals surface area contributed by atoms with Gasteiger partial charge in [-0.2, -0.15) is 0 Å². The van der Waals surface area contributed by atoms with Crippen molar-refractivity contribution in [3.05, 3.63) is 58.9 Å². The molecule has 0 aliphatic heterocycles. The lowest BCUT2D eigenvalue weighted by atomic mass is 10.2. The number of ether oxygens (including phenoxy) is 1. The Kier molecular flexibility index (Phi) is 6.57. The van der Waals surface area contributed by atoms with Crippen molar-refractivity contribution in [1.29, 1.82) is 0 Å². The van der Waals surface area contributed by atoms with Crippen LogP contribution in [0, 0.1) is 5.82 Å². The molecule has 0 radical (unpaired) electrons. The van der Waals surface area contributed by atoms with E-state index in [0.29, 0.717) is 6.61 Å². The van der Waals surface area contributed by atoms with Crippen molar-refractivity contribution in [1.82, 2.24) is 5.32 Å². The third-order valence-electron chi connectivity index (χ3n) is 3.37. The molecule has 0 heterocycles. The van der Waals surface area contributed by atoms with E-state index in [0.717, 1.165) is 12.1 Å². The highest BCUT2D eigenvalue weighted by Crippen LogP contribution is 2.25. The topological polar surface area (TPSA) is 84.5 Å². The minimum atomic E-state index is -4.06. The van der Waals surface area contributed by atoms with Gasteiger partial charge >= 0.3 is 0 Å². The third kappa shape index (κ3) is 5.17. The lowest BCUT2D eigenvalue weighted by molar-refractivity contribution is 0.0905. The van der Waals surface area contributed by atoms with Crippen LogP contribution in [0.1, 0.15) is 17.3 Å². The standard InChI is InChI=1S/C17H18ClFN2O4S/c1-11(10-25-2)20-17(22)12-3-8-15(18)16(9-12)26(23,24)21-14-6-4-13(19)5-7-14/h3-9,11,21H,10H2,1-2H3,(H,20,22). The summed E-state index contributed by atoms with van der Waals surface area (Å²) in [5.74, 6) is -0.945. The summed E-state index contributed by atoms with van der Waals surface area (Å²) in [5, 5.41) is 2.65. The number of anilines is 1. The van der Waals surface area contributed by atoms with E-state index in [-0.39, 0.29) is 27.2 Å². The summed E-state index contributed by atoms with van der Waals surface area (Å²) in [6.45, 7) is 2.07. The molecule has 1 unspecified atom stereocenters. The van der Waals surface area contributed by atoms with Gasteiger partial charge in [0.15, 0.2) is 0 Å². The molecule has 2 aromatic rings. The maximum atomic E-state index is 13.0. The zero-order chi connectivity index (χ0) is 19.3. The summed E-state index contributed by atoms with van der Waals surface area (Å²) in [5.41, 5.74) is 0.308. The van der Waals surface area contributed by atoms with Gasteiger partial charge in [-0.05, 0) is 49.4 Å². The zero-order valence-corrected chi connectivity index (χ0v) is 15.7. The Bertz CT molecular complexity index is 888. The smallest absolute Gasteiger partial charge is 0.263 e. The van der Waals surface area contributed by atoms with Crippen molar-refractivity contribution in [2.45, 2.75) is 17.9 Å².